The van der Waals surface area contributed by atoms with E-state index in [1.54, 1.807) is 0 Å². The lowest BCUT2D eigenvalue weighted by Crippen LogP contribution is -2.33. The van der Waals surface area contributed by atoms with Crippen LogP contribution in [0.5, 0.6) is 0 Å². The van der Waals surface area contributed by atoms with Gasteiger partial charge in [-0.3, -0.25) is 4.98 Å². The van der Waals surface area contributed by atoms with Crippen molar-refractivity contribution >= 4 is 6.29 Å². The lowest BCUT2D eigenvalue weighted by atomic mass is 9.95. The fourth-order valence-electron chi connectivity index (χ4n) is 1.66. The van der Waals surface area contributed by atoms with Crippen molar-refractivity contribution in [2.75, 3.05) is 20.1 Å². The molecule has 3 heteroatoms. The first-order chi connectivity index (χ1) is 7.53. The van der Waals surface area contributed by atoms with E-state index in [-0.39, 0.29) is 5.41 Å². The van der Waals surface area contributed by atoms with E-state index < -0.39 is 0 Å². The first-order valence-electron chi connectivity index (χ1n) is 5.58. The van der Waals surface area contributed by atoms with Crippen molar-refractivity contribution in [3.05, 3.63) is 30.1 Å². The third-order valence-electron chi connectivity index (χ3n) is 2.47. The van der Waals surface area contributed by atoms with Crippen LogP contribution in [0.4, 0.5) is 0 Å². The summed E-state index contributed by atoms with van der Waals surface area (Å²) in [7, 11) is 2.04. The predicted octanol–water partition coefficient (Wildman–Crippen LogP) is 1.78. The monoisotopic (exact) mass is 220 g/mol. The number of carbonyl (C=O) groups is 1. The maximum Gasteiger partial charge on any atom is 0.126 e. The molecule has 0 aromatic carbocycles. The van der Waals surface area contributed by atoms with Crippen molar-refractivity contribution in [1.29, 1.82) is 0 Å². The molecule has 0 unspecified atom stereocenters. The molecule has 1 aromatic rings. The highest BCUT2D eigenvalue weighted by Gasteiger charge is 2.18. The molecule has 88 valence electrons. The molecule has 3 nitrogen and oxygen atoms in total. The van der Waals surface area contributed by atoms with E-state index in [9.17, 15) is 4.79 Å². The molecule has 0 aliphatic carbocycles. The molecule has 0 saturated heterocycles. The maximum absolute atomic E-state index is 10.8. The van der Waals surface area contributed by atoms with Crippen molar-refractivity contribution in [1.82, 2.24) is 9.88 Å². The van der Waals surface area contributed by atoms with E-state index in [2.05, 4.69) is 9.88 Å². The van der Waals surface area contributed by atoms with Crippen molar-refractivity contribution in [2.24, 2.45) is 5.41 Å². The van der Waals surface area contributed by atoms with E-state index in [4.69, 9.17) is 0 Å². The van der Waals surface area contributed by atoms with E-state index >= 15 is 0 Å². The molecule has 0 radical (unpaired) electrons. The van der Waals surface area contributed by atoms with Gasteiger partial charge in [-0.2, -0.15) is 0 Å². The zero-order valence-corrected chi connectivity index (χ0v) is 10.3. The van der Waals surface area contributed by atoms with Crippen LogP contribution in [0.3, 0.4) is 0 Å². The molecule has 16 heavy (non-hydrogen) atoms. The van der Waals surface area contributed by atoms with Gasteiger partial charge in [0.05, 0.1) is 0 Å². The number of aromatic nitrogens is 1. The molecule has 0 N–H and O–H groups in total. The van der Waals surface area contributed by atoms with Gasteiger partial charge in [0.1, 0.15) is 6.29 Å². The van der Waals surface area contributed by atoms with Gasteiger partial charge in [-0.15, -0.1) is 0 Å². The summed E-state index contributed by atoms with van der Waals surface area (Å²) in [6.45, 7) is 5.62. The van der Waals surface area contributed by atoms with E-state index in [1.165, 1.54) is 0 Å². The second-order valence-corrected chi connectivity index (χ2v) is 4.92. The van der Waals surface area contributed by atoms with Crippen LogP contribution in [0, 0.1) is 5.41 Å². The Kier molecular flexibility index (Phi) is 4.62. The van der Waals surface area contributed by atoms with Crippen LogP contribution in [0.1, 0.15) is 19.5 Å². The number of likely N-dealkylation sites (N-methyl/N-ethyl adjacent to an activating group) is 1. The summed E-state index contributed by atoms with van der Waals surface area (Å²) in [6.07, 6.45) is 3.75. The van der Waals surface area contributed by atoms with Gasteiger partial charge in [0.15, 0.2) is 0 Å². The Morgan fingerprint density at radius 1 is 1.44 bits per heavy atom. The van der Waals surface area contributed by atoms with Crippen LogP contribution in [0.2, 0.25) is 0 Å². The summed E-state index contributed by atoms with van der Waals surface area (Å²) >= 11 is 0. The van der Waals surface area contributed by atoms with Crippen LogP contribution in [-0.4, -0.2) is 36.3 Å². The number of hydrogen-bond acceptors (Lipinski definition) is 3. The van der Waals surface area contributed by atoms with Crippen LogP contribution in [0.25, 0.3) is 0 Å². The Hall–Kier alpha value is -1.22. The summed E-state index contributed by atoms with van der Waals surface area (Å²) in [5.41, 5.74) is 0.831. The summed E-state index contributed by atoms with van der Waals surface area (Å²) < 4.78 is 0. The Labute approximate surface area is 97.5 Å². The third kappa shape index (κ3) is 4.53. The molecular weight excluding hydrogens is 200 g/mol. The van der Waals surface area contributed by atoms with Crippen molar-refractivity contribution in [2.45, 2.75) is 20.3 Å². The van der Waals surface area contributed by atoms with Crippen molar-refractivity contribution in [3.8, 4) is 0 Å². The Morgan fingerprint density at radius 3 is 2.75 bits per heavy atom. The average molecular weight is 220 g/mol. The molecular formula is C13H20N2O. The molecule has 0 bridgehead atoms. The Balaban J connectivity index is 2.36. The van der Waals surface area contributed by atoms with Crippen LogP contribution < -0.4 is 0 Å². The first-order valence-corrected chi connectivity index (χ1v) is 5.58. The maximum atomic E-state index is 10.8. The van der Waals surface area contributed by atoms with Gasteiger partial charge in [0.25, 0.3) is 0 Å². The molecule has 0 spiro atoms. The van der Waals surface area contributed by atoms with Gasteiger partial charge in [-0.05, 0) is 19.2 Å². The zero-order valence-electron chi connectivity index (χ0n) is 10.3. The molecule has 0 saturated carbocycles. The van der Waals surface area contributed by atoms with Crippen molar-refractivity contribution in [3.63, 3.8) is 0 Å². The second-order valence-electron chi connectivity index (χ2n) is 4.92. The predicted molar refractivity (Wildman–Crippen MR) is 65.3 cm³/mol. The number of hydrogen-bond donors (Lipinski definition) is 0. The highest BCUT2D eigenvalue weighted by molar-refractivity contribution is 5.58. The number of pyridine rings is 1. The van der Waals surface area contributed by atoms with Gasteiger partial charge >= 0.3 is 0 Å². The highest BCUT2D eigenvalue weighted by Crippen LogP contribution is 2.12. The normalized spacial score (nSPS) is 11.8. The van der Waals surface area contributed by atoms with Gasteiger partial charge in [-0.1, -0.05) is 19.9 Å². The largest absolute Gasteiger partial charge is 0.305 e. The van der Waals surface area contributed by atoms with Crippen LogP contribution in [0.15, 0.2) is 24.4 Å². The molecule has 0 aliphatic heterocycles. The molecule has 0 fully saturated rings. The molecule has 1 heterocycles. The lowest BCUT2D eigenvalue weighted by molar-refractivity contribution is -0.115. The minimum atomic E-state index is -0.265. The number of aldehydes is 1. The third-order valence-corrected chi connectivity index (χ3v) is 2.47. The second kappa shape index (κ2) is 5.75. The van der Waals surface area contributed by atoms with Crippen molar-refractivity contribution < 1.29 is 4.79 Å². The van der Waals surface area contributed by atoms with E-state index in [1.807, 2.05) is 45.3 Å². The first kappa shape index (κ1) is 12.8. The summed E-state index contributed by atoms with van der Waals surface area (Å²) in [5, 5.41) is 0. The quantitative estimate of drug-likeness (QED) is 0.685. The van der Waals surface area contributed by atoms with Gasteiger partial charge in [-0.25, -0.2) is 0 Å². The van der Waals surface area contributed by atoms with E-state index in [0.717, 1.165) is 31.5 Å². The fourth-order valence-corrected chi connectivity index (χ4v) is 1.66. The summed E-state index contributed by atoms with van der Waals surface area (Å²) in [6, 6.07) is 5.94. The topological polar surface area (TPSA) is 33.2 Å². The molecule has 0 aliphatic rings. The smallest absolute Gasteiger partial charge is 0.126 e. The molecule has 0 atom stereocenters. The minimum Gasteiger partial charge on any atom is -0.305 e. The zero-order chi connectivity index (χ0) is 12.0. The van der Waals surface area contributed by atoms with E-state index in [0.29, 0.717) is 0 Å². The standard InChI is InChI=1S/C13H20N2O/c1-13(2,11-16)10-15(3)9-7-12-6-4-5-8-14-12/h4-6,8,11H,7,9-10H2,1-3H3. The molecule has 0 amide bonds. The number of rotatable bonds is 6. The Bertz CT molecular complexity index is 322. The Morgan fingerprint density at radius 2 is 2.19 bits per heavy atom. The van der Waals surface area contributed by atoms with Gasteiger partial charge in [0, 0.05) is 36.8 Å². The highest BCUT2D eigenvalue weighted by atomic mass is 16.1. The van der Waals surface area contributed by atoms with Crippen LogP contribution in [-0.2, 0) is 11.2 Å². The molecule has 1 rings (SSSR count). The summed E-state index contributed by atoms with van der Waals surface area (Å²) in [5.74, 6) is 0. The fraction of sp³-hybridized carbons (Fsp3) is 0.538. The lowest BCUT2D eigenvalue weighted by Gasteiger charge is -2.25. The number of nitrogens with zero attached hydrogens (tertiary/aromatic N) is 2. The van der Waals surface area contributed by atoms with Gasteiger partial charge < -0.3 is 9.69 Å². The number of carbonyl (C=O) groups excluding carboxylic acids is 1. The summed E-state index contributed by atoms with van der Waals surface area (Å²) in [4.78, 5) is 17.2. The molecule has 1 aromatic heterocycles. The SMILES string of the molecule is CN(CCc1ccccn1)CC(C)(C)C=O. The van der Waals surface area contributed by atoms with Crippen LogP contribution >= 0.6 is 0 Å². The average Bonchev–Trinajstić information content (AvgIpc) is 2.27. The van der Waals surface area contributed by atoms with Gasteiger partial charge in [0.2, 0.25) is 0 Å². The minimum absolute atomic E-state index is 0.265.